The normalized spacial score (nSPS) is 15.2. The lowest BCUT2D eigenvalue weighted by atomic mass is 10.1. The zero-order valence-corrected chi connectivity index (χ0v) is 12.9. The number of carbonyl (C=O) groups excluding carboxylic acids is 1. The van der Waals surface area contributed by atoms with Crippen molar-refractivity contribution in [2.24, 2.45) is 7.05 Å². The topological polar surface area (TPSA) is 41.4 Å². The zero-order chi connectivity index (χ0) is 15.7. The van der Waals surface area contributed by atoms with Crippen molar-refractivity contribution in [1.29, 1.82) is 0 Å². The Balaban J connectivity index is 1.71. The van der Waals surface area contributed by atoms with E-state index in [1.165, 1.54) is 18.2 Å². The van der Waals surface area contributed by atoms with E-state index in [0.29, 0.717) is 26.2 Å². The quantitative estimate of drug-likeness (QED) is 0.851. The third-order valence-corrected chi connectivity index (χ3v) is 4.14. The van der Waals surface area contributed by atoms with Gasteiger partial charge in [-0.1, -0.05) is 17.7 Å². The van der Waals surface area contributed by atoms with Crippen LogP contribution in [0, 0.1) is 5.82 Å². The van der Waals surface area contributed by atoms with Crippen LogP contribution < -0.4 is 4.90 Å². The number of aromatic nitrogens is 2. The molecule has 0 N–H and O–H groups in total. The van der Waals surface area contributed by atoms with E-state index in [9.17, 15) is 9.18 Å². The number of piperazine rings is 1. The second kappa shape index (κ2) is 5.96. The van der Waals surface area contributed by atoms with Crippen LogP contribution >= 0.6 is 11.6 Å². The monoisotopic (exact) mass is 322 g/mol. The third kappa shape index (κ3) is 2.66. The van der Waals surface area contributed by atoms with Gasteiger partial charge in [0.1, 0.15) is 5.82 Å². The molecule has 0 radical (unpaired) electrons. The minimum Gasteiger partial charge on any atom is -0.339 e. The first-order valence-electron chi connectivity index (χ1n) is 7.03. The Hall–Kier alpha value is -2.08. The molecule has 0 saturated carbocycles. The maximum atomic E-state index is 13.9. The first-order chi connectivity index (χ1) is 10.6. The average Bonchev–Trinajstić information content (AvgIpc) is 2.93. The van der Waals surface area contributed by atoms with Gasteiger partial charge in [0.2, 0.25) is 5.95 Å². The number of carbonyl (C=O) groups is 1. The predicted molar refractivity (Wildman–Crippen MR) is 82.7 cm³/mol. The molecular weight excluding hydrogens is 307 g/mol. The summed E-state index contributed by atoms with van der Waals surface area (Å²) in [5, 5.41) is 0.150. The Bertz CT molecular complexity index is 674. The van der Waals surface area contributed by atoms with Crippen molar-refractivity contribution < 1.29 is 9.18 Å². The molecule has 3 rings (SSSR count). The van der Waals surface area contributed by atoms with E-state index < -0.39 is 5.82 Å². The summed E-state index contributed by atoms with van der Waals surface area (Å²) < 4.78 is 15.8. The van der Waals surface area contributed by atoms with E-state index in [2.05, 4.69) is 9.88 Å². The molecule has 7 heteroatoms. The molecule has 116 valence electrons. The van der Waals surface area contributed by atoms with Gasteiger partial charge in [0.25, 0.3) is 5.91 Å². The highest BCUT2D eigenvalue weighted by atomic mass is 35.5. The van der Waals surface area contributed by atoms with Crippen molar-refractivity contribution in [3.8, 4) is 0 Å². The van der Waals surface area contributed by atoms with Crippen LogP contribution in [0.15, 0.2) is 30.6 Å². The Kier molecular flexibility index (Phi) is 4.02. The molecule has 1 aromatic heterocycles. The highest BCUT2D eigenvalue weighted by Crippen LogP contribution is 2.22. The van der Waals surface area contributed by atoms with Crippen molar-refractivity contribution in [1.82, 2.24) is 14.5 Å². The number of hydrogen-bond acceptors (Lipinski definition) is 3. The van der Waals surface area contributed by atoms with Crippen molar-refractivity contribution in [3.63, 3.8) is 0 Å². The zero-order valence-electron chi connectivity index (χ0n) is 12.2. The molecule has 5 nitrogen and oxygen atoms in total. The lowest BCUT2D eigenvalue weighted by Crippen LogP contribution is -2.49. The summed E-state index contributed by atoms with van der Waals surface area (Å²) in [7, 11) is 1.93. The molecule has 1 amide bonds. The Morgan fingerprint density at radius 1 is 1.27 bits per heavy atom. The molecule has 1 aromatic carbocycles. The summed E-state index contributed by atoms with van der Waals surface area (Å²) in [4.78, 5) is 20.5. The number of anilines is 1. The van der Waals surface area contributed by atoms with Gasteiger partial charge in [-0.25, -0.2) is 9.37 Å². The van der Waals surface area contributed by atoms with Crippen molar-refractivity contribution in [3.05, 3.63) is 47.0 Å². The second-order valence-electron chi connectivity index (χ2n) is 5.21. The van der Waals surface area contributed by atoms with Gasteiger partial charge < -0.3 is 14.4 Å². The van der Waals surface area contributed by atoms with Crippen LogP contribution in [0.5, 0.6) is 0 Å². The van der Waals surface area contributed by atoms with E-state index in [4.69, 9.17) is 11.6 Å². The summed E-state index contributed by atoms with van der Waals surface area (Å²) in [5.74, 6) is -0.0670. The molecule has 0 unspecified atom stereocenters. The molecule has 0 spiro atoms. The molecule has 0 bridgehead atoms. The first kappa shape index (κ1) is 14.8. The van der Waals surface area contributed by atoms with Gasteiger partial charge >= 0.3 is 0 Å². The molecule has 1 saturated heterocycles. The molecule has 2 aromatic rings. The van der Waals surface area contributed by atoms with Gasteiger partial charge in [-0.15, -0.1) is 0 Å². The van der Waals surface area contributed by atoms with E-state index in [1.54, 1.807) is 11.1 Å². The lowest BCUT2D eigenvalue weighted by Gasteiger charge is -2.35. The van der Waals surface area contributed by atoms with E-state index in [0.717, 1.165) is 5.95 Å². The molecule has 1 fully saturated rings. The second-order valence-corrected chi connectivity index (χ2v) is 5.62. The fourth-order valence-electron chi connectivity index (χ4n) is 2.63. The fourth-order valence-corrected chi connectivity index (χ4v) is 2.88. The van der Waals surface area contributed by atoms with E-state index in [-0.39, 0.29) is 16.5 Å². The summed E-state index contributed by atoms with van der Waals surface area (Å²) >= 11 is 5.96. The predicted octanol–water partition coefficient (Wildman–Crippen LogP) is 2.17. The highest BCUT2D eigenvalue weighted by Gasteiger charge is 2.26. The number of benzene rings is 1. The molecular formula is C15H16ClFN4O. The number of hydrogen-bond donors (Lipinski definition) is 0. The molecule has 2 heterocycles. The first-order valence-corrected chi connectivity index (χ1v) is 7.41. The largest absolute Gasteiger partial charge is 0.339 e. The number of amides is 1. The van der Waals surface area contributed by atoms with E-state index in [1.807, 2.05) is 17.8 Å². The number of halogens is 2. The standard InChI is InChI=1S/C15H16ClFN4O/c1-19-6-5-18-15(19)21-9-7-20(8-10-21)14(22)13-11(16)3-2-4-12(13)17/h2-6H,7-10H2,1H3. The minimum atomic E-state index is -0.580. The Morgan fingerprint density at radius 2 is 2.00 bits per heavy atom. The third-order valence-electron chi connectivity index (χ3n) is 3.82. The fraction of sp³-hybridized carbons (Fsp3) is 0.333. The van der Waals surface area contributed by atoms with Crippen molar-refractivity contribution in [2.75, 3.05) is 31.1 Å². The molecule has 0 atom stereocenters. The van der Waals surface area contributed by atoms with Crippen LogP contribution in [-0.2, 0) is 7.05 Å². The molecule has 0 aliphatic carbocycles. The van der Waals surface area contributed by atoms with Crippen molar-refractivity contribution in [2.45, 2.75) is 0 Å². The van der Waals surface area contributed by atoms with Crippen molar-refractivity contribution >= 4 is 23.5 Å². The molecule has 1 aliphatic rings. The number of rotatable bonds is 2. The minimum absolute atomic E-state index is 0.0467. The number of imidazole rings is 1. The van der Waals surface area contributed by atoms with Crippen LogP contribution in [0.3, 0.4) is 0 Å². The maximum Gasteiger partial charge on any atom is 0.258 e. The average molecular weight is 323 g/mol. The number of nitrogens with zero attached hydrogens (tertiary/aromatic N) is 4. The van der Waals surface area contributed by atoms with Gasteiger partial charge in [-0.05, 0) is 12.1 Å². The summed E-state index contributed by atoms with van der Waals surface area (Å²) in [6.07, 6.45) is 3.62. The van der Waals surface area contributed by atoms with Gasteiger partial charge in [-0.3, -0.25) is 4.79 Å². The number of aryl methyl sites for hydroxylation is 1. The SMILES string of the molecule is Cn1ccnc1N1CCN(C(=O)c2c(F)cccc2Cl)CC1. The Labute approximate surface area is 132 Å². The summed E-state index contributed by atoms with van der Waals surface area (Å²) in [6.45, 7) is 2.33. The molecule has 22 heavy (non-hydrogen) atoms. The van der Waals surface area contributed by atoms with Crippen LogP contribution in [0.4, 0.5) is 10.3 Å². The summed E-state index contributed by atoms with van der Waals surface area (Å²) in [6, 6.07) is 4.28. The van der Waals surface area contributed by atoms with Crippen LogP contribution in [-0.4, -0.2) is 46.5 Å². The van der Waals surface area contributed by atoms with Gasteiger partial charge in [-0.2, -0.15) is 0 Å². The van der Waals surface area contributed by atoms with E-state index >= 15 is 0 Å². The van der Waals surface area contributed by atoms with Crippen LogP contribution in [0.1, 0.15) is 10.4 Å². The highest BCUT2D eigenvalue weighted by molar-refractivity contribution is 6.33. The van der Waals surface area contributed by atoms with Crippen LogP contribution in [0.2, 0.25) is 5.02 Å². The maximum absolute atomic E-state index is 13.9. The molecule has 1 aliphatic heterocycles. The smallest absolute Gasteiger partial charge is 0.258 e. The van der Waals surface area contributed by atoms with Gasteiger partial charge in [0.05, 0.1) is 10.6 Å². The summed E-state index contributed by atoms with van der Waals surface area (Å²) in [5.41, 5.74) is -0.0467. The lowest BCUT2D eigenvalue weighted by molar-refractivity contribution is 0.0741. The van der Waals surface area contributed by atoms with Crippen LogP contribution in [0.25, 0.3) is 0 Å². The Morgan fingerprint density at radius 3 is 2.59 bits per heavy atom. The van der Waals surface area contributed by atoms with Gasteiger partial charge in [0.15, 0.2) is 0 Å². The van der Waals surface area contributed by atoms with Gasteiger partial charge in [0, 0.05) is 45.6 Å².